The Morgan fingerprint density at radius 3 is 2.54 bits per heavy atom. The van der Waals surface area contributed by atoms with E-state index in [0.717, 1.165) is 6.07 Å². The molecule has 6 nitrogen and oxygen atoms in total. The molecule has 3 rings (SSSR count). The number of aromatic nitrogens is 3. The van der Waals surface area contributed by atoms with E-state index in [4.69, 9.17) is 0 Å². The molecule has 0 atom stereocenters. The van der Waals surface area contributed by atoms with Crippen LogP contribution >= 0.6 is 0 Å². The first-order valence-corrected chi connectivity index (χ1v) is 6.81. The van der Waals surface area contributed by atoms with Gasteiger partial charge in [0.05, 0.1) is 11.7 Å². The number of ether oxygens (including phenoxy) is 1. The van der Waals surface area contributed by atoms with Crippen molar-refractivity contribution < 1.29 is 28.0 Å². The number of benzene rings is 1. The first-order chi connectivity index (χ1) is 11.3. The number of rotatable bonds is 3. The van der Waals surface area contributed by atoms with Gasteiger partial charge in [0.15, 0.2) is 0 Å². The number of hydrogen-bond donors (Lipinski definition) is 3. The van der Waals surface area contributed by atoms with E-state index in [1.54, 1.807) is 6.92 Å². The van der Waals surface area contributed by atoms with Crippen molar-refractivity contribution in [1.29, 1.82) is 0 Å². The lowest BCUT2D eigenvalue weighted by Crippen LogP contribution is -2.30. The molecular formula is C14H11BF3N3O3. The number of hydrogen-bond acceptors (Lipinski definition) is 5. The average Bonchev–Trinajstić information content (AvgIpc) is 2.90. The number of H-pyrrole nitrogens is 1. The Bertz CT molecular complexity index is 896. The molecule has 124 valence electrons. The third-order valence-electron chi connectivity index (χ3n) is 3.50. The van der Waals surface area contributed by atoms with Gasteiger partial charge in [0.25, 0.3) is 0 Å². The molecule has 2 heterocycles. The highest BCUT2D eigenvalue weighted by atomic mass is 19.4. The molecule has 0 fully saturated rings. The number of nitrogens with zero attached hydrogens (tertiary/aromatic N) is 2. The van der Waals surface area contributed by atoms with Crippen LogP contribution in [0.4, 0.5) is 13.2 Å². The molecule has 0 bridgehead atoms. The standard InChI is InChI=1S/C14H11BF3N3O3/c1-7-10(6-20-21-7)8-4-12-9(5-13(8)24-14(16,17)18)11(15(22)23)2-3-19-12/h2-6,22-23H,1H3,(H,20,21). The Hall–Kier alpha value is -2.59. The minimum absolute atomic E-state index is 0.0301. The molecule has 0 amide bonds. The summed E-state index contributed by atoms with van der Waals surface area (Å²) in [5.41, 5.74) is 1.45. The molecule has 0 aliphatic rings. The SMILES string of the molecule is Cc1[nH]ncc1-c1cc2nccc(B(O)O)c2cc1OC(F)(F)F. The van der Waals surface area contributed by atoms with Gasteiger partial charge in [-0.15, -0.1) is 13.2 Å². The summed E-state index contributed by atoms with van der Waals surface area (Å²) in [6.07, 6.45) is -2.18. The Morgan fingerprint density at radius 1 is 1.21 bits per heavy atom. The number of aromatic amines is 1. The highest BCUT2D eigenvalue weighted by molar-refractivity contribution is 6.61. The van der Waals surface area contributed by atoms with Gasteiger partial charge >= 0.3 is 13.5 Å². The number of halogens is 3. The maximum absolute atomic E-state index is 12.8. The number of pyridine rings is 1. The second-order valence-electron chi connectivity index (χ2n) is 5.10. The largest absolute Gasteiger partial charge is 0.573 e. The number of aryl methyl sites for hydroxylation is 1. The van der Waals surface area contributed by atoms with Crippen LogP contribution < -0.4 is 10.2 Å². The van der Waals surface area contributed by atoms with Gasteiger partial charge in [-0.2, -0.15) is 5.10 Å². The topological polar surface area (TPSA) is 91.3 Å². The molecule has 0 unspecified atom stereocenters. The fourth-order valence-electron chi connectivity index (χ4n) is 2.46. The normalized spacial score (nSPS) is 11.8. The van der Waals surface area contributed by atoms with Gasteiger partial charge in [-0.05, 0) is 30.6 Å². The monoisotopic (exact) mass is 337 g/mol. The van der Waals surface area contributed by atoms with Crippen LogP contribution in [0.1, 0.15) is 5.69 Å². The van der Waals surface area contributed by atoms with Crippen molar-refractivity contribution in [2.45, 2.75) is 13.3 Å². The van der Waals surface area contributed by atoms with Crippen molar-refractivity contribution >= 4 is 23.5 Å². The summed E-state index contributed by atoms with van der Waals surface area (Å²) >= 11 is 0. The van der Waals surface area contributed by atoms with Crippen LogP contribution in [-0.2, 0) is 0 Å². The molecule has 0 radical (unpaired) electrons. The third-order valence-corrected chi connectivity index (χ3v) is 3.50. The van der Waals surface area contributed by atoms with Crippen LogP contribution in [0.2, 0.25) is 0 Å². The van der Waals surface area contributed by atoms with E-state index >= 15 is 0 Å². The van der Waals surface area contributed by atoms with E-state index in [-0.39, 0.29) is 16.4 Å². The molecule has 0 aliphatic carbocycles. The molecule has 0 saturated heterocycles. The van der Waals surface area contributed by atoms with Crippen LogP contribution in [0, 0.1) is 6.92 Å². The summed E-state index contributed by atoms with van der Waals surface area (Å²) in [6.45, 7) is 1.66. The molecule has 0 spiro atoms. The molecule has 0 aliphatic heterocycles. The summed E-state index contributed by atoms with van der Waals surface area (Å²) in [5, 5.41) is 25.4. The zero-order valence-electron chi connectivity index (χ0n) is 12.3. The predicted octanol–water partition coefficient (Wildman–Crippen LogP) is 1.51. The maximum Gasteiger partial charge on any atom is 0.573 e. The number of nitrogens with one attached hydrogen (secondary N) is 1. The van der Waals surface area contributed by atoms with E-state index in [2.05, 4.69) is 19.9 Å². The molecule has 24 heavy (non-hydrogen) atoms. The second-order valence-corrected chi connectivity index (χ2v) is 5.10. The zero-order valence-corrected chi connectivity index (χ0v) is 12.3. The zero-order chi connectivity index (χ0) is 17.5. The Morgan fingerprint density at radius 2 is 1.96 bits per heavy atom. The highest BCUT2D eigenvalue weighted by Gasteiger charge is 2.33. The van der Waals surface area contributed by atoms with Crippen molar-refractivity contribution in [2.24, 2.45) is 0 Å². The lowest BCUT2D eigenvalue weighted by molar-refractivity contribution is -0.274. The summed E-state index contributed by atoms with van der Waals surface area (Å²) in [5.74, 6) is -0.477. The lowest BCUT2D eigenvalue weighted by atomic mass is 9.78. The van der Waals surface area contributed by atoms with Crippen LogP contribution in [0.25, 0.3) is 22.0 Å². The summed E-state index contributed by atoms with van der Waals surface area (Å²) < 4.78 is 42.4. The highest BCUT2D eigenvalue weighted by Crippen LogP contribution is 2.37. The lowest BCUT2D eigenvalue weighted by Gasteiger charge is -2.15. The van der Waals surface area contributed by atoms with Crippen molar-refractivity contribution in [3.63, 3.8) is 0 Å². The minimum Gasteiger partial charge on any atom is -0.423 e. The summed E-state index contributed by atoms with van der Waals surface area (Å²) in [7, 11) is -1.85. The quantitative estimate of drug-likeness (QED) is 0.630. The molecule has 2 aromatic heterocycles. The molecular weight excluding hydrogens is 326 g/mol. The molecule has 1 aromatic carbocycles. The molecule has 3 aromatic rings. The predicted molar refractivity (Wildman–Crippen MR) is 80.6 cm³/mol. The fraction of sp³-hybridized carbons (Fsp3) is 0.143. The van der Waals surface area contributed by atoms with Crippen LogP contribution in [0.15, 0.2) is 30.6 Å². The van der Waals surface area contributed by atoms with E-state index in [1.807, 2.05) is 0 Å². The van der Waals surface area contributed by atoms with E-state index in [1.165, 1.54) is 24.5 Å². The fourth-order valence-corrected chi connectivity index (χ4v) is 2.46. The van der Waals surface area contributed by atoms with Crippen molar-refractivity contribution in [3.8, 4) is 16.9 Å². The van der Waals surface area contributed by atoms with Crippen LogP contribution in [0.3, 0.4) is 0 Å². The first kappa shape index (κ1) is 16.3. The van der Waals surface area contributed by atoms with Gasteiger partial charge in [0, 0.05) is 28.4 Å². The Labute approximate surface area is 134 Å². The van der Waals surface area contributed by atoms with Gasteiger partial charge in [-0.25, -0.2) is 0 Å². The second kappa shape index (κ2) is 5.80. The minimum atomic E-state index is -4.90. The Kier molecular flexibility index (Phi) is 3.94. The smallest absolute Gasteiger partial charge is 0.423 e. The third kappa shape index (κ3) is 3.06. The molecule has 10 heteroatoms. The maximum atomic E-state index is 12.8. The first-order valence-electron chi connectivity index (χ1n) is 6.81. The average molecular weight is 337 g/mol. The number of alkyl halides is 3. The van der Waals surface area contributed by atoms with Crippen molar-refractivity contribution in [1.82, 2.24) is 15.2 Å². The van der Waals surface area contributed by atoms with Gasteiger partial charge in [0.2, 0.25) is 0 Å². The Balaban J connectivity index is 2.30. The van der Waals surface area contributed by atoms with Gasteiger partial charge in [-0.3, -0.25) is 10.1 Å². The van der Waals surface area contributed by atoms with Crippen LogP contribution in [0.5, 0.6) is 5.75 Å². The van der Waals surface area contributed by atoms with Gasteiger partial charge in [-0.1, -0.05) is 0 Å². The number of fused-ring (bicyclic) bond motifs is 1. The van der Waals surface area contributed by atoms with Gasteiger partial charge in [0.1, 0.15) is 5.75 Å². The van der Waals surface area contributed by atoms with Crippen LogP contribution in [-0.4, -0.2) is 38.7 Å². The van der Waals surface area contributed by atoms with Gasteiger partial charge < -0.3 is 14.8 Å². The summed E-state index contributed by atoms with van der Waals surface area (Å²) in [4.78, 5) is 4.07. The van der Waals surface area contributed by atoms with Crippen molar-refractivity contribution in [2.75, 3.05) is 0 Å². The van der Waals surface area contributed by atoms with E-state index < -0.39 is 19.2 Å². The molecule has 3 N–H and O–H groups in total. The molecule has 0 saturated carbocycles. The van der Waals surface area contributed by atoms with E-state index in [0.29, 0.717) is 16.8 Å². The summed E-state index contributed by atoms with van der Waals surface area (Å²) in [6, 6.07) is 3.79. The van der Waals surface area contributed by atoms with E-state index in [9.17, 15) is 23.2 Å². The van der Waals surface area contributed by atoms with Crippen molar-refractivity contribution in [3.05, 3.63) is 36.3 Å².